The predicted octanol–water partition coefficient (Wildman–Crippen LogP) is 2.91. The number of nitrogens with zero attached hydrogens (tertiary/aromatic N) is 1. The first-order valence-electron chi connectivity index (χ1n) is 6.96. The summed E-state index contributed by atoms with van der Waals surface area (Å²) < 4.78 is 5.07. The summed E-state index contributed by atoms with van der Waals surface area (Å²) in [5, 5.41) is 0.980. The molecule has 0 atom stereocenters. The summed E-state index contributed by atoms with van der Waals surface area (Å²) in [6.07, 6.45) is 0. The quantitative estimate of drug-likeness (QED) is 0.443. The van der Waals surface area contributed by atoms with Crippen molar-refractivity contribution in [1.82, 2.24) is 9.97 Å². The molecule has 116 valence electrons. The molecule has 0 spiro atoms. The summed E-state index contributed by atoms with van der Waals surface area (Å²) >= 11 is 1.21. The summed E-state index contributed by atoms with van der Waals surface area (Å²) in [7, 11) is 1.58. The molecular weight excluding hydrogens is 312 g/mol. The molecule has 0 saturated carbocycles. The van der Waals surface area contributed by atoms with Crippen LogP contribution < -0.4 is 10.3 Å². The number of carbonyl (C=O) groups excluding carboxylic acids is 1. The van der Waals surface area contributed by atoms with E-state index in [9.17, 15) is 9.59 Å². The standard InChI is InChI=1S/C17H14N2O3S/c1-22-12-8-6-11(7-9-12)15(20)10-23-17-18-14-5-3-2-4-13(14)16(21)19-17/h2-9H,10H2,1H3,(H,18,19,21). The number of methoxy groups -OCH3 is 1. The van der Waals surface area contributed by atoms with E-state index in [4.69, 9.17) is 4.74 Å². The SMILES string of the molecule is COc1ccc(C(=O)CSc2nc3ccccc3c(=O)[nH]2)cc1. The summed E-state index contributed by atoms with van der Waals surface area (Å²) in [6.45, 7) is 0. The van der Waals surface area contributed by atoms with Crippen LogP contribution in [0.25, 0.3) is 10.9 Å². The van der Waals surface area contributed by atoms with E-state index in [-0.39, 0.29) is 17.1 Å². The van der Waals surface area contributed by atoms with E-state index in [1.54, 1.807) is 49.6 Å². The number of benzene rings is 2. The first kappa shape index (κ1) is 15.3. The Morgan fingerprint density at radius 2 is 1.91 bits per heavy atom. The highest BCUT2D eigenvalue weighted by molar-refractivity contribution is 7.99. The maximum Gasteiger partial charge on any atom is 0.259 e. The average molecular weight is 326 g/mol. The summed E-state index contributed by atoms with van der Waals surface area (Å²) in [5.74, 6) is 0.872. The molecule has 23 heavy (non-hydrogen) atoms. The van der Waals surface area contributed by atoms with Gasteiger partial charge in [0.25, 0.3) is 5.56 Å². The molecule has 1 N–H and O–H groups in total. The molecule has 0 saturated heterocycles. The number of ether oxygens (including phenoxy) is 1. The lowest BCUT2D eigenvalue weighted by molar-refractivity contribution is 0.102. The van der Waals surface area contributed by atoms with Gasteiger partial charge in [0, 0.05) is 5.56 Å². The average Bonchev–Trinajstić information content (AvgIpc) is 2.60. The molecule has 1 aromatic heterocycles. The number of H-pyrrole nitrogens is 1. The van der Waals surface area contributed by atoms with Gasteiger partial charge in [0.2, 0.25) is 0 Å². The van der Waals surface area contributed by atoms with Crippen LogP contribution in [0.3, 0.4) is 0 Å². The molecule has 0 unspecified atom stereocenters. The Bertz CT molecular complexity index is 904. The van der Waals surface area contributed by atoms with Crippen LogP contribution in [0.2, 0.25) is 0 Å². The highest BCUT2D eigenvalue weighted by Gasteiger charge is 2.09. The van der Waals surface area contributed by atoms with Gasteiger partial charge in [-0.25, -0.2) is 4.98 Å². The molecule has 0 radical (unpaired) electrons. The van der Waals surface area contributed by atoms with E-state index in [1.165, 1.54) is 11.8 Å². The first-order valence-corrected chi connectivity index (χ1v) is 7.95. The molecule has 0 aliphatic rings. The van der Waals surface area contributed by atoms with Gasteiger partial charge in [-0.3, -0.25) is 9.59 Å². The zero-order valence-corrected chi connectivity index (χ0v) is 13.2. The van der Waals surface area contributed by atoms with Gasteiger partial charge in [-0.15, -0.1) is 0 Å². The van der Waals surface area contributed by atoms with Gasteiger partial charge in [0.05, 0.1) is 23.8 Å². The molecule has 1 heterocycles. The van der Waals surface area contributed by atoms with E-state index in [1.807, 2.05) is 6.07 Å². The Balaban J connectivity index is 1.74. The zero-order chi connectivity index (χ0) is 16.2. The summed E-state index contributed by atoms with van der Waals surface area (Å²) in [5.41, 5.74) is 1.02. The van der Waals surface area contributed by atoms with Gasteiger partial charge < -0.3 is 9.72 Å². The van der Waals surface area contributed by atoms with Crippen LogP contribution in [-0.2, 0) is 0 Å². The van der Waals surface area contributed by atoms with Crippen molar-refractivity contribution in [2.75, 3.05) is 12.9 Å². The molecule has 0 bridgehead atoms. The van der Waals surface area contributed by atoms with Crippen LogP contribution >= 0.6 is 11.8 Å². The molecule has 3 rings (SSSR count). The third-order valence-corrected chi connectivity index (χ3v) is 4.22. The van der Waals surface area contributed by atoms with Crippen molar-refractivity contribution < 1.29 is 9.53 Å². The van der Waals surface area contributed by atoms with Gasteiger partial charge in [-0.1, -0.05) is 23.9 Å². The lowest BCUT2D eigenvalue weighted by Gasteiger charge is -2.04. The van der Waals surface area contributed by atoms with Crippen molar-refractivity contribution >= 4 is 28.4 Å². The van der Waals surface area contributed by atoms with Crippen molar-refractivity contribution in [2.24, 2.45) is 0 Å². The molecule has 0 aliphatic heterocycles. The molecule has 0 amide bonds. The molecule has 0 fully saturated rings. The normalized spacial score (nSPS) is 10.7. The third kappa shape index (κ3) is 3.43. The van der Waals surface area contributed by atoms with Crippen LogP contribution in [0.4, 0.5) is 0 Å². The van der Waals surface area contributed by atoms with Crippen LogP contribution in [0.1, 0.15) is 10.4 Å². The number of nitrogens with one attached hydrogen (secondary N) is 1. The second-order valence-electron chi connectivity index (χ2n) is 4.83. The Kier molecular flexibility index (Phi) is 4.43. The van der Waals surface area contributed by atoms with Gasteiger partial charge in [0.1, 0.15) is 5.75 Å². The van der Waals surface area contributed by atoms with Crippen molar-refractivity contribution in [1.29, 1.82) is 0 Å². The maximum absolute atomic E-state index is 12.2. The lowest BCUT2D eigenvalue weighted by atomic mass is 10.1. The minimum absolute atomic E-state index is 0.0338. The van der Waals surface area contributed by atoms with Crippen molar-refractivity contribution in [2.45, 2.75) is 5.16 Å². The second-order valence-corrected chi connectivity index (χ2v) is 5.79. The van der Waals surface area contributed by atoms with Gasteiger partial charge >= 0.3 is 0 Å². The molecular formula is C17H14N2O3S. The Hall–Kier alpha value is -2.60. The number of rotatable bonds is 5. The minimum Gasteiger partial charge on any atom is -0.497 e. The van der Waals surface area contributed by atoms with Crippen LogP contribution in [0, 0.1) is 0 Å². The summed E-state index contributed by atoms with van der Waals surface area (Å²) in [6, 6.07) is 14.0. The Labute approximate surface area is 136 Å². The number of carbonyl (C=O) groups is 1. The summed E-state index contributed by atoms with van der Waals surface area (Å²) in [4.78, 5) is 31.2. The van der Waals surface area contributed by atoms with Crippen LogP contribution in [-0.4, -0.2) is 28.6 Å². The van der Waals surface area contributed by atoms with Crippen molar-refractivity contribution in [3.05, 3.63) is 64.4 Å². The largest absolute Gasteiger partial charge is 0.497 e. The van der Waals surface area contributed by atoms with Gasteiger partial charge in [-0.2, -0.15) is 0 Å². The number of fused-ring (bicyclic) bond motifs is 1. The number of para-hydroxylation sites is 1. The number of Topliss-reactive ketones (excluding diaryl/α,β-unsaturated/α-hetero) is 1. The Morgan fingerprint density at radius 3 is 2.65 bits per heavy atom. The minimum atomic E-state index is -0.199. The monoisotopic (exact) mass is 326 g/mol. The van der Waals surface area contributed by atoms with Crippen LogP contribution in [0.5, 0.6) is 5.75 Å². The van der Waals surface area contributed by atoms with E-state index in [0.29, 0.717) is 27.4 Å². The first-order chi connectivity index (χ1) is 11.2. The second kappa shape index (κ2) is 6.66. The third-order valence-electron chi connectivity index (χ3n) is 3.34. The predicted molar refractivity (Wildman–Crippen MR) is 90.4 cm³/mol. The smallest absolute Gasteiger partial charge is 0.259 e. The number of hydrogen-bond donors (Lipinski definition) is 1. The molecule has 0 aliphatic carbocycles. The van der Waals surface area contributed by atoms with Gasteiger partial charge in [0.15, 0.2) is 10.9 Å². The fourth-order valence-corrected chi connectivity index (χ4v) is 2.89. The topological polar surface area (TPSA) is 72.0 Å². The lowest BCUT2D eigenvalue weighted by Crippen LogP contribution is -2.10. The highest BCUT2D eigenvalue weighted by Crippen LogP contribution is 2.18. The number of thioether (sulfide) groups is 1. The molecule has 5 nitrogen and oxygen atoms in total. The van der Waals surface area contributed by atoms with E-state index in [2.05, 4.69) is 9.97 Å². The highest BCUT2D eigenvalue weighted by atomic mass is 32.2. The van der Waals surface area contributed by atoms with Crippen LogP contribution in [0.15, 0.2) is 58.5 Å². The van der Waals surface area contributed by atoms with E-state index in [0.717, 1.165) is 0 Å². The van der Waals surface area contributed by atoms with E-state index < -0.39 is 0 Å². The van der Waals surface area contributed by atoms with E-state index >= 15 is 0 Å². The fourth-order valence-electron chi connectivity index (χ4n) is 2.13. The number of hydrogen-bond acceptors (Lipinski definition) is 5. The molecule has 2 aromatic carbocycles. The molecule has 6 heteroatoms. The fraction of sp³-hybridized carbons (Fsp3) is 0.118. The Morgan fingerprint density at radius 1 is 1.17 bits per heavy atom. The van der Waals surface area contributed by atoms with Crippen molar-refractivity contribution in [3.63, 3.8) is 0 Å². The molecule has 3 aromatic rings. The zero-order valence-electron chi connectivity index (χ0n) is 12.4. The van der Waals surface area contributed by atoms with Crippen molar-refractivity contribution in [3.8, 4) is 5.75 Å². The number of ketones is 1. The maximum atomic E-state index is 12.2. The number of aromatic nitrogens is 2. The number of aromatic amines is 1. The van der Waals surface area contributed by atoms with Gasteiger partial charge in [-0.05, 0) is 36.4 Å².